The third-order valence-electron chi connectivity index (χ3n) is 1.78. The van der Waals surface area contributed by atoms with Gasteiger partial charge >= 0.3 is 0 Å². The lowest BCUT2D eigenvalue weighted by Gasteiger charge is -2.00. The van der Waals surface area contributed by atoms with Crippen molar-refractivity contribution in [3.05, 3.63) is 46.6 Å². The van der Waals surface area contributed by atoms with Crippen LogP contribution in [0.3, 0.4) is 0 Å². The fourth-order valence-corrected chi connectivity index (χ4v) is 1.46. The van der Waals surface area contributed by atoms with E-state index in [9.17, 15) is 9.60 Å². The zero-order valence-electron chi connectivity index (χ0n) is 6.50. The van der Waals surface area contributed by atoms with Gasteiger partial charge in [0, 0.05) is 10.8 Å². The molecule has 0 fully saturated rings. The topological polar surface area (TPSA) is 26.9 Å². The molecule has 2 rings (SSSR count). The maximum absolute atomic E-state index is 12.8. The summed E-state index contributed by atoms with van der Waals surface area (Å²) in [5.74, 6) is -0.363. The normalized spacial score (nSPS) is 10.6. The van der Waals surface area contributed by atoms with Gasteiger partial charge in [0.25, 0.3) is 0 Å². The molecule has 2 aromatic rings. The molecule has 0 unspecified atom stereocenters. The van der Waals surface area contributed by atoms with Gasteiger partial charge in [-0.25, -0.2) is 4.39 Å². The van der Waals surface area contributed by atoms with E-state index in [0.717, 1.165) is 0 Å². The Morgan fingerprint density at radius 3 is 2.85 bits per heavy atom. The first-order valence-electron chi connectivity index (χ1n) is 3.64. The molecule has 0 bridgehead atoms. The molecule has 0 N–H and O–H groups in total. The van der Waals surface area contributed by atoms with E-state index in [4.69, 9.17) is 11.6 Å². The second kappa shape index (κ2) is 2.85. The van der Waals surface area contributed by atoms with Crippen molar-refractivity contribution in [3.8, 4) is 0 Å². The van der Waals surface area contributed by atoms with Crippen molar-refractivity contribution < 1.29 is 9.12 Å². The quantitative estimate of drug-likeness (QED) is 0.470. The highest BCUT2D eigenvalue weighted by Crippen LogP contribution is 2.21. The van der Waals surface area contributed by atoms with Gasteiger partial charge in [0.2, 0.25) is 0 Å². The molecule has 1 aromatic heterocycles. The average molecular weight is 198 g/mol. The Balaban J connectivity index is 2.87. The largest absolute Gasteiger partial charge is 0.619 e. The Hall–Kier alpha value is -1.35. The molecule has 0 aliphatic rings. The molecule has 0 aliphatic carbocycles. The van der Waals surface area contributed by atoms with Crippen molar-refractivity contribution >= 4 is 22.4 Å². The van der Waals surface area contributed by atoms with Crippen LogP contribution in [0, 0.1) is 11.0 Å². The minimum absolute atomic E-state index is 0.256. The third kappa shape index (κ3) is 1.42. The highest BCUT2D eigenvalue weighted by Gasteiger charge is 2.05. The van der Waals surface area contributed by atoms with Crippen LogP contribution in [0.1, 0.15) is 0 Å². The highest BCUT2D eigenvalue weighted by atomic mass is 35.5. The van der Waals surface area contributed by atoms with E-state index in [0.29, 0.717) is 15.5 Å². The molecular weight excluding hydrogens is 193 g/mol. The van der Waals surface area contributed by atoms with Gasteiger partial charge in [-0.2, -0.15) is 4.73 Å². The lowest BCUT2D eigenvalue weighted by atomic mass is 10.2. The highest BCUT2D eigenvalue weighted by molar-refractivity contribution is 6.35. The number of pyridine rings is 1. The van der Waals surface area contributed by atoms with Gasteiger partial charge in [-0.1, -0.05) is 11.6 Å². The lowest BCUT2D eigenvalue weighted by Crippen LogP contribution is -2.24. The average Bonchev–Trinajstić information content (AvgIpc) is 2.06. The molecule has 0 spiro atoms. The molecule has 0 amide bonds. The maximum Gasteiger partial charge on any atom is 0.199 e. The number of hydrogen-bond acceptors (Lipinski definition) is 1. The predicted molar refractivity (Wildman–Crippen MR) is 47.9 cm³/mol. The summed E-state index contributed by atoms with van der Waals surface area (Å²) in [5, 5.41) is 12.4. The Morgan fingerprint density at radius 1 is 1.31 bits per heavy atom. The minimum Gasteiger partial charge on any atom is -0.619 e. The first kappa shape index (κ1) is 8.26. The summed E-state index contributed by atoms with van der Waals surface area (Å²) in [7, 11) is 0. The van der Waals surface area contributed by atoms with Gasteiger partial charge in [0.15, 0.2) is 12.4 Å². The standard InChI is InChI=1S/C9H5ClFNO/c10-9-5-12(13)4-6-1-2-7(11)3-8(6)9/h1-5H. The van der Waals surface area contributed by atoms with Crippen LogP contribution < -0.4 is 4.73 Å². The van der Waals surface area contributed by atoms with Gasteiger partial charge in [-0.05, 0) is 18.2 Å². The molecule has 4 heteroatoms. The summed E-state index contributed by atoms with van der Waals surface area (Å²) in [4.78, 5) is 0. The van der Waals surface area contributed by atoms with E-state index in [1.807, 2.05) is 0 Å². The smallest absolute Gasteiger partial charge is 0.199 e. The van der Waals surface area contributed by atoms with E-state index in [1.165, 1.54) is 30.6 Å². The zero-order valence-corrected chi connectivity index (χ0v) is 7.25. The van der Waals surface area contributed by atoms with E-state index >= 15 is 0 Å². The second-order valence-electron chi connectivity index (χ2n) is 2.70. The van der Waals surface area contributed by atoms with Crippen LogP contribution in [-0.2, 0) is 0 Å². The minimum atomic E-state index is -0.363. The van der Waals surface area contributed by atoms with Crippen LogP contribution in [0.5, 0.6) is 0 Å². The van der Waals surface area contributed by atoms with Crippen molar-refractivity contribution in [3.63, 3.8) is 0 Å². The van der Waals surface area contributed by atoms with Crippen molar-refractivity contribution in [2.45, 2.75) is 0 Å². The van der Waals surface area contributed by atoms with Crippen molar-refractivity contribution in [1.82, 2.24) is 0 Å². The molecule has 0 radical (unpaired) electrons. The van der Waals surface area contributed by atoms with Gasteiger partial charge in [0.05, 0.1) is 0 Å². The molecule has 66 valence electrons. The first-order valence-corrected chi connectivity index (χ1v) is 4.02. The molecular formula is C9H5ClFNO. The summed E-state index contributed by atoms with van der Waals surface area (Å²) in [6.45, 7) is 0. The fourth-order valence-electron chi connectivity index (χ4n) is 1.20. The molecule has 1 heterocycles. The molecule has 2 nitrogen and oxygen atoms in total. The van der Waals surface area contributed by atoms with E-state index < -0.39 is 0 Å². The summed E-state index contributed by atoms with van der Waals surface area (Å²) >= 11 is 5.75. The molecule has 1 aromatic carbocycles. The fraction of sp³-hybridized carbons (Fsp3) is 0. The van der Waals surface area contributed by atoms with Gasteiger partial charge in [0.1, 0.15) is 10.8 Å². The number of halogens is 2. The Bertz CT molecular complexity index is 472. The van der Waals surface area contributed by atoms with Gasteiger partial charge < -0.3 is 5.21 Å². The number of rotatable bonds is 0. The Labute approximate surface area is 78.8 Å². The van der Waals surface area contributed by atoms with Crippen LogP contribution in [0.2, 0.25) is 5.02 Å². The number of aromatic nitrogens is 1. The molecule has 13 heavy (non-hydrogen) atoms. The van der Waals surface area contributed by atoms with Crippen molar-refractivity contribution in [2.24, 2.45) is 0 Å². The zero-order chi connectivity index (χ0) is 9.42. The van der Waals surface area contributed by atoms with Gasteiger partial charge in [-0.15, -0.1) is 0 Å². The van der Waals surface area contributed by atoms with Gasteiger partial charge in [-0.3, -0.25) is 0 Å². The van der Waals surface area contributed by atoms with Crippen LogP contribution in [0.25, 0.3) is 10.8 Å². The van der Waals surface area contributed by atoms with Crippen molar-refractivity contribution in [2.75, 3.05) is 0 Å². The number of benzene rings is 1. The SMILES string of the molecule is [O-][n+]1cc(Cl)c2cc(F)ccc2c1. The third-order valence-corrected chi connectivity index (χ3v) is 2.08. The second-order valence-corrected chi connectivity index (χ2v) is 3.10. The monoisotopic (exact) mass is 197 g/mol. The first-order chi connectivity index (χ1) is 6.16. The summed E-state index contributed by atoms with van der Waals surface area (Å²) in [6.07, 6.45) is 2.55. The Kier molecular flexibility index (Phi) is 1.81. The summed E-state index contributed by atoms with van der Waals surface area (Å²) < 4.78 is 13.4. The maximum atomic E-state index is 12.8. The van der Waals surface area contributed by atoms with Crippen LogP contribution >= 0.6 is 11.6 Å². The van der Waals surface area contributed by atoms with Crippen LogP contribution in [0.4, 0.5) is 4.39 Å². The lowest BCUT2D eigenvalue weighted by molar-refractivity contribution is -0.603. The van der Waals surface area contributed by atoms with Crippen LogP contribution in [-0.4, -0.2) is 0 Å². The summed E-state index contributed by atoms with van der Waals surface area (Å²) in [5.41, 5.74) is 0. The molecule has 0 atom stereocenters. The van der Waals surface area contributed by atoms with E-state index in [2.05, 4.69) is 0 Å². The number of nitrogens with zero attached hydrogens (tertiary/aromatic N) is 1. The predicted octanol–water partition coefficient (Wildman–Crippen LogP) is 2.27. The number of hydrogen-bond donors (Lipinski definition) is 0. The van der Waals surface area contributed by atoms with E-state index in [-0.39, 0.29) is 10.8 Å². The number of fused-ring (bicyclic) bond motifs is 1. The molecule has 0 saturated heterocycles. The van der Waals surface area contributed by atoms with E-state index in [1.54, 1.807) is 0 Å². The molecule has 0 saturated carbocycles. The summed E-state index contributed by atoms with van der Waals surface area (Å²) in [6, 6.07) is 4.11. The van der Waals surface area contributed by atoms with Crippen LogP contribution in [0.15, 0.2) is 30.6 Å². The van der Waals surface area contributed by atoms with Crippen molar-refractivity contribution in [1.29, 1.82) is 0 Å². The Morgan fingerprint density at radius 2 is 2.08 bits per heavy atom. The molecule has 0 aliphatic heterocycles.